The Balaban J connectivity index is 2.04. The van der Waals surface area contributed by atoms with Crippen molar-refractivity contribution in [2.24, 2.45) is 5.41 Å². The third-order valence-corrected chi connectivity index (χ3v) is 4.06. The molecule has 0 radical (unpaired) electrons. The molecule has 1 fully saturated rings. The molecule has 1 aromatic carbocycles. The van der Waals surface area contributed by atoms with Crippen molar-refractivity contribution in [2.75, 3.05) is 13.1 Å². The van der Waals surface area contributed by atoms with Gasteiger partial charge in [0.1, 0.15) is 0 Å². The van der Waals surface area contributed by atoms with Crippen LogP contribution in [0.1, 0.15) is 44.7 Å². The lowest BCUT2D eigenvalue weighted by molar-refractivity contribution is -0.131. The molecule has 2 unspecified atom stereocenters. The van der Waals surface area contributed by atoms with Crippen LogP contribution in [-0.2, 0) is 4.79 Å². The molecule has 104 valence electrons. The first kappa shape index (κ1) is 14.1. The van der Waals surface area contributed by atoms with Gasteiger partial charge in [-0.15, -0.1) is 0 Å². The van der Waals surface area contributed by atoms with Gasteiger partial charge in [-0.25, -0.2) is 0 Å². The monoisotopic (exact) mass is 260 g/mol. The van der Waals surface area contributed by atoms with Crippen LogP contribution in [-0.4, -0.2) is 19.0 Å². The zero-order chi connectivity index (χ0) is 13.7. The van der Waals surface area contributed by atoms with Crippen LogP contribution >= 0.6 is 0 Å². The van der Waals surface area contributed by atoms with E-state index in [1.807, 2.05) is 18.2 Å². The summed E-state index contributed by atoms with van der Waals surface area (Å²) in [5.41, 5.74) is 0.922. The van der Waals surface area contributed by atoms with Crippen molar-refractivity contribution in [1.29, 1.82) is 0 Å². The van der Waals surface area contributed by atoms with Crippen LogP contribution < -0.4 is 10.6 Å². The van der Waals surface area contributed by atoms with Crippen molar-refractivity contribution in [3.05, 3.63) is 35.9 Å². The Kier molecular flexibility index (Phi) is 4.59. The Labute approximate surface area is 115 Å². The van der Waals surface area contributed by atoms with Crippen molar-refractivity contribution >= 4 is 5.91 Å². The Morgan fingerprint density at radius 2 is 2.16 bits per heavy atom. The van der Waals surface area contributed by atoms with Crippen LogP contribution in [0.2, 0.25) is 0 Å². The summed E-state index contributed by atoms with van der Waals surface area (Å²) < 4.78 is 0. The largest absolute Gasteiger partial charge is 0.349 e. The number of piperidine rings is 1. The van der Waals surface area contributed by atoms with Crippen LogP contribution in [0, 0.1) is 5.41 Å². The van der Waals surface area contributed by atoms with Gasteiger partial charge in [0.2, 0.25) is 5.91 Å². The van der Waals surface area contributed by atoms with Gasteiger partial charge in [-0.1, -0.05) is 37.3 Å². The fraction of sp³-hybridized carbons (Fsp3) is 0.562. The summed E-state index contributed by atoms with van der Waals surface area (Å²) in [4.78, 5) is 12.5. The third kappa shape index (κ3) is 3.35. The summed E-state index contributed by atoms with van der Waals surface area (Å²) in [6.07, 6.45) is 2.96. The molecule has 3 heteroatoms. The SMILES string of the molecule is CCC(NC(=O)C1(C)CCCNC1)c1ccccc1. The van der Waals surface area contributed by atoms with Crippen molar-refractivity contribution in [2.45, 2.75) is 39.2 Å². The number of benzene rings is 1. The molecular weight excluding hydrogens is 236 g/mol. The van der Waals surface area contributed by atoms with Gasteiger partial charge in [-0.3, -0.25) is 4.79 Å². The molecule has 1 aliphatic heterocycles. The second-order valence-electron chi connectivity index (χ2n) is 5.69. The molecular formula is C16H24N2O. The molecule has 2 N–H and O–H groups in total. The highest BCUT2D eigenvalue weighted by Gasteiger charge is 2.35. The van der Waals surface area contributed by atoms with E-state index in [1.54, 1.807) is 0 Å². The van der Waals surface area contributed by atoms with Gasteiger partial charge in [-0.05, 0) is 38.3 Å². The first-order valence-electron chi connectivity index (χ1n) is 7.22. The smallest absolute Gasteiger partial charge is 0.227 e. The maximum absolute atomic E-state index is 12.5. The number of hydrogen-bond donors (Lipinski definition) is 2. The Morgan fingerprint density at radius 3 is 2.74 bits per heavy atom. The van der Waals surface area contributed by atoms with E-state index in [9.17, 15) is 4.79 Å². The molecule has 2 atom stereocenters. The summed E-state index contributed by atoms with van der Waals surface area (Å²) in [6.45, 7) is 5.98. The van der Waals surface area contributed by atoms with Gasteiger partial charge >= 0.3 is 0 Å². The Bertz CT molecular complexity index is 410. The summed E-state index contributed by atoms with van der Waals surface area (Å²) in [6, 6.07) is 10.3. The molecule has 1 aliphatic rings. The second-order valence-corrected chi connectivity index (χ2v) is 5.69. The van der Waals surface area contributed by atoms with Gasteiger partial charge in [0, 0.05) is 6.54 Å². The van der Waals surface area contributed by atoms with E-state index in [2.05, 4.69) is 36.6 Å². The Morgan fingerprint density at radius 1 is 1.42 bits per heavy atom. The van der Waals surface area contributed by atoms with Crippen LogP contribution in [0.25, 0.3) is 0 Å². The summed E-state index contributed by atoms with van der Waals surface area (Å²) in [5, 5.41) is 6.54. The number of carbonyl (C=O) groups is 1. The van der Waals surface area contributed by atoms with Crippen LogP contribution in [0.4, 0.5) is 0 Å². The van der Waals surface area contributed by atoms with Gasteiger partial charge in [0.25, 0.3) is 0 Å². The number of nitrogens with one attached hydrogen (secondary N) is 2. The first-order chi connectivity index (χ1) is 9.15. The number of rotatable bonds is 4. The second kappa shape index (κ2) is 6.20. The van der Waals surface area contributed by atoms with Crippen molar-refractivity contribution in [3.63, 3.8) is 0 Å². The molecule has 0 bridgehead atoms. The van der Waals surface area contributed by atoms with Crippen molar-refractivity contribution < 1.29 is 4.79 Å². The van der Waals surface area contributed by atoms with E-state index in [1.165, 1.54) is 5.56 Å². The lowest BCUT2D eigenvalue weighted by Gasteiger charge is -2.34. The molecule has 0 aliphatic carbocycles. The number of amides is 1. The lowest BCUT2D eigenvalue weighted by atomic mass is 9.81. The summed E-state index contributed by atoms with van der Waals surface area (Å²) >= 11 is 0. The maximum atomic E-state index is 12.5. The normalized spacial score (nSPS) is 24.7. The minimum atomic E-state index is -0.263. The molecule has 19 heavy (non-hydrogen) atoms. The molecule has 0 aromatic heterocycles. The van der Waals surface area contributed by atoms with E-state index in [0.717, 1.165) is 32.4 Å². The maximum Gasteiger partial charge on any atom is 0.227 e. The fourth-order valence-electron chi connectivity index (χ4n) is 2.69. The van der Waals surface area contributed by atoms with E-state index in [-0.39, 0.29) is 17.4 Å². The van der Waals surface area contributed by atoms with E-state index in [0.29, 0.717) is 0 Å². The highest BCUT2D eigenvalue weighted by Crippen LogP contribution is 2.27. The number of hydrogen-bond acceptors (Lipinski definition) is 2. The molecule has 3 nitrogen and oxygen atoms in total. The molecule has 0 saturated carbocycles. The highest BCUT2D eigenvalue weighted by atomic mass is 16.2. The van der Waals surface area contributed by atoms with Crippen LogP contribution in [0.5, 0.6) is 0 Å². The third-order valence-electron chi connectivity index (χ3n) is 4.06. The quantitative estimate of drug-likeness (QED) is 0.874. The van der Waals surface area contributed by atoms with Crippen molar-refractivity contribution in [3.8, 4) is 0 Å². The van der Waals surface area contributed by atoms with E-state index < -0.39 is 0 Å². The molecule has 1 heterocycles. The standard InChI is InChI=1S/C16H24N2O/c1-3-14(13-8-5-4-6-9-13)18-15(19)16(2)10-7-11-17-12-16/h4-6,8-9,14,17H,3,7,10-12H2,1-2H3,(H,18,19). The zero-order valence-electron chi connectivity index (χ0n) is 11.9. The summed E-state index contributed by atoms with van der Waals surface area (Å²) in [5.74, 6) is 0.176. The summed E-state index contributed by atoms with van der Waals surface area (Å²) in [7, 11) is 0. The molecule has 0 spiro atoms. The van der Waals surface area contributed by atoms with Gasteiger partial charge in [0.05, 0.1) is 11.5 Å². The molecule has 1 aromatic rings. The van der Waals surface area contributed by atoms with Gasteiger partial charge in [0.15, 0.2) is 0 Å². The first-order valence-corrected chi connectivity index (χ1v) is 7.22. The van der Waals surface area contributed by atoms with E-state index >= 15 is 0 Å². The van der Waals surface area contributed by atoms with Crippen LogP contribution in [0.15, 0.2) is 30.3 Å². The molecule has 2 rings (SSSR count). The lowest BCUT2D eigenvalue weighted by Crippen LogP contribution is -2.49. The van der Waals surface area contributed by atoms with Gasteiger partial charge < -0.3 is 10.6 Å². The minimum Gasteiger partial charge on any atom is -0.349 e. The average Bonchev–Trinajstić information content (AvgIpc) is 2.46. The predicted octanol–water partition coefficient (Wildman–Crippen LogP) is 2.64. The average molecular weight is 260 g/mol. The Hall–Kier alpha value is -1.35. The molecule has 1 amide bonds. The van der Waals surface area contributed by atoms with Crippen molar-refractivity contribution in [1.82, 2.24) is 10.6 Å². The van der Waals surface area contributed by atoms with E-state index in [4.69, 9.17) is 0 Å². The predicted molar refractivity (Wildman–Crippen MR) is 77.8 cm³/mol. The fourth-order valence-corrected chi connectivity index (χ4v) is 2.69. The van der Waals surface area contributed by atoms with Gasteiger partial charge in [-0.2, -0.15) is 0 Å². The zero-order valence-corrected chi connectivity index (χ0v) is 11.9. The van der Waals surface area contributed by atoms with Crippen LogP contribution in [0.3, 0.4) is 0 Å². The number of carbonyl (C=O) groups excluding carboxylic acids is 1. The molecule has 1 saturated heterocycles. The highest BCUT2D eigenvalue weighted by molar-refractivity contribution is 5.83. The topological polar surface area (TPSA) is 41.1 Å². The minimum absolute atomic E-state index is 0.118.